The molecule has 114 valence electrons. The van der Waals surface area contributed by atoms with Crippen LogP contribution in [0.3, 0.4) is 0 Å². The zero-order chi connectivity index (χ0) is 15.7. The maximum absolute atomic E-state index is 11.6. The number of aromatic nitrogens is 3. The second kappa shape index (κ2) is 6.54. The van der Waals surface area contributed by atoms with Crippen molar-refractivity contribution in [3.05, 3.63) is 33.6 Å². The molecule has 9 heteroatoms. The predicted molar refractivity (Wildman–Crippen MR) is 93.4 cm³/mol. The van der Waals surface area contributed by atoms with Crippen molar-refractivity contribution in [3.8, 4) is 11.3 Å². The van der Waals surface area contributed by atoms with E-state index in [-0.39, 0.29) is 11.9 Å². The highest BCUT2D eigenvalue weighted by Crippen LogP contribution is 2.32. The second-order valence-corrected chi connectivity index (χ2v) is 6.84. The molecule has 0 radical (unpaired) electrons. The molecule has 0 bridgehead atoms. The molecule has 0 aliphatic carbocycles. The van der Waals surface area contributed by atoms with Crippen molar-refractivity contribution in [2.75, 3.05) is 10.6 Å². The lowest BCUT2D eigenvalue weighted by atomic mass is 10.2. The first-order valence-electron chi connectivity index (χ1n) is 6.24. The van der Waals surface area contributed by atoms with Crippen molar-refractivity contribution in [2.24, 2.45) is 0 Å². The zero-order valence-electron chi connectivity index (χ0n) is 11.0. The van der Waals surface area contributed by atoms with Crippen LogP contribution >= 0.6 is 50.5 Å². The van der Waals surface area contributed by atoms with Crippen LogP contribution in [0.25, 0.3) is 16.2 Å². The van der Waals surface area contributed by atoms with Gasteiger partial charge in [-0.05, 0) is 18.2 Å². The number of benzene rings is 1. The number of thiazole rings is 1. The molecule has 2 aromatic heterocycles. The lowest BCUT2D eigenvalue weighted by Gasteiger charge is -2.02. The van der Waals surface area contributed by atoms with E-state index in [2.05, 4.69) is 31.3 Å². The third-order valence-electron chi connectivity index (χ3n) is 2.86. The zero-order valence-corrected chi connectivity index (χ0v) is 14.9. The van der Waals surface area contributed by atoms with E-state index < -0.39 is 0 Å². The summed E-state index contributed by atoms with van der Waals surface area (Å²) >= 11 is 16.8. The summed E-state index contributed by atoms with van der Waals surface area (Å²) in [5.41, 5.74) is 1.61. The highest BCUT2D eigenvalue weighted by molar-refractivity contribution is 9.09. The van der Waals surface area contributed by atoms with E-state index in [1.807, 2.05) is 11.4 Å². The molecule has 0 spiro atoms. The van der Waals surface area contributed by atoms with Gasteiger partial charge in [-0.3, -0.25) is 10.1 Å². The summed E-state index contributed by atoms with van der Waals surface area (Å²) in [5, 5.41) is 10.6. The molecule has 0 fully saturated rings. The monoisotopic (exact) mass is 418 g/mol. The Morgan fingerprint density at radius 1 is 1.41 bits per heavy atom. The van der Waals surface area contributed by atoms with E-state index in [9.17, 15) is 4.79 Å². The Morgan fingerprint density at radius 3 is 2.95 bits per heavy atom. The van der Waals surface area contributed by atoms with Crippen LogP contribution < -0.4 is 5.32 Å². The molecule has 3 rings (SSSR count). The molecule has 22 heavy (non-hydrogen) atoms. The summed E-state index contributed by atoms with van der Waals surface area (Å²) in [7, 11) is 0. The van der Waals surface area contributed by atoms with Crippen molar-refractivity contribution < 1.29 is 4.79 Å². The number of carbonyl (C=O) groups is 1. The molecule has 0 unspecified atom stereocenters. The Morgan fingerprint density at radius 2 is 2.23 bits per heavy atom. The van der Waals surface area contributed by atoms with Crippen LogP contribution in [-0.2, 0) is 4.79 Å². The summed E-state index contributed by atoms with van der Waals surface area (Å²) in [6, 6.07) is 5.27. The Balaban J connectivity index is 1.98. The van der Waals surface area contributed by atoms with Crippen molar-refractivity contribution >= 4 is 67.3 Å². The first-order valence-corrected chi connectivity index (χ1v) is 8.99. The lowest BCUT2D eigenvalue weighted by molar-refractivity contribution is -0.115. The van der Waals surface area contributed by atoms with Crippen LogP contribution in [0.4, 0.5) is 5.95 Å². The Kier molecular flexibility index (Phi) is 4.67. The van der Waals surface area contributed by atoms with Gasteiger partial charge in [0.2, 0.25) is 16.8 Å². The number of anilines is 1. The van der Waals surface area contributed by atoms with Crippen LogP contribution in [0, 0.1) is 0 Å². The fourth-order valence-electron chi connectivity index (χ4n) is 1.89. The summed E-state index contributed by atoms with van der Waals surface area (Å²) in [4.78, 5) is 16.6. The van der Waals surface area contributed by atoms with Crippen LogP contribution in [0.2, 0.25) is 10.0 Å². The number of rotatable bonds is 4. The fourth-order valence-corrected chi connectivity index (χ4v) is 3.58. The van der Waals surface area contributed by atoms with Gasteiger partial charge >= 0.3 is 0 Å². The Bertz CT molecular complexity index is 848. The molecule has 0 saturated carbocycles. The number of amides is 1. The third-order valence-corrected chi connectivity index (χ3v) is 4.62. The molecule has 3 aromatic rings. The number of alkyl halides is 1. The highest BCUT2D eigenvalue weighted by atomic mass is 79.9. The molecule has 0 atom stereocenters. The minimum Gasteiger partial charge on any atom is -0.293 e. The fraction of sp³-hybridized carbons (Fsp3) is 0.154. The van der Waals surface area contributed by atoms with Gasteiger partial charge in [0.05, 0.1) is 10.7 Å². The number of nitrogens with zero attached hydrogens (tertiary/aromatic N) is 3. The minimum absolute atomic E-state index is 0.138. The van der Waals surface area contributed by atoms with Crippen molar-refractivity contribution in [1.82, 2.24) is 14.6 Å². The molecule has 1 aromatic carbocycles. The number of hydrogen-bond acceptors (Lipinski definition) is 4. The second-order valence-electron chi connectivity index (χ2n) is 4.36. The smallest absolute Gasteiger partial charge is 0.250 e. The van der Waals surface area contributed by atoms with Gasteiger partial charge in [0.25, 0.3) is 0 Å². The first-order chi connectivity index (χ1) is 10.6. The SMILES string of the molecule is O=C(CCBr)Nc1nc2scc(-c3ccc(Cl)cc3Cl)n2n1. The number of halogens is 3. The largest absolute Gasteiger partial charge is 0.293 e. The minimum atomic E-state index is -0.138. The number of hydrogen-bond donors (Lipinski definition) is 1. The van der Waals surface area contributed by atoms with E-state index in [1.165, 1.54) is 11.3 Å². The lowest BCUT2D eigenvalue weighted by Crippen LogP contribution is -2.12. The normalized spacial score (nSPS) is 11.0. The maximum Gasteiger partial charge on any atom is 0.250 e. The molecule has 1 amide bonds. The van der Waals surface area contributed by atoms with Crippen LogP contribution in [0.5, 0.6) is 0 Å². The number of nitrogens with one attached hydrogen (secondary N) is 1. The molecular weight excluding hydrogens is 411 g/mol. The van der Waals surface area contributed by atoms with Crippen LogP contribution in [-0.4, -0.2) is 25.8 Å². The summed E-state index contributed by atoms with van der Waals surface area (Å²) in [5.74, 6) is 0.144. The van der Waals surface area contributed by atoms with Gasteiger partial charge in [0, 0.05) is 27.7 Å². The quantitative estimate of drug-likeness (QED) is 0.633. The van der Waals surface area contributed by atoms with Crippen molar-refractivity contribution in [1.29, 1.82) is 0 Å². The van der Waals surface area contributed by atoms with Crippen molar-refractivity contribution in [2.45, 2.75) is 6.42 Å². The Labute approximate surface area is 148 Å². The van der Waals surface area contributed by atoms with Gasteiger partial charge in [0.15, 0.2) is 0 Å². The van der Waals surface area contributed by atoms with Gasteiger partial charge in [-0.2, -0.15) is 4.98 Å². The summed E-state index contributed by atoms with van der Waals surface area (Å²) in [6.07, 6.45) is 0.364. The average molecular weight is 420 g/mol. The predicted octanol–water partition coefficient (Wildman–Crippen LogP) is 4.49. The van der Waals surface area contributed by atoms with Crippen molar-refractivity contribution in [3.63, 3.8) is 0 Å². The van der Waals surface area contributed by atoms with Gasteiger partial charge in [-0.15, -0.1) is 16.4 Å². The standard InChI is InChI=1S/C13H9BrCl2N4OS/c14-4-3-11(21)17-12-18-13-20(19-12)10(6-22-13)8-2-1-7(15)5-9(8)16/h1-2,5-6H,3-4H2,(H,17,19,21). The van der Waals surface area contributed by atoms with E-state index in [0.717, 1.165) is 11.3 Å². The molecular formula is C13H9BrCl2N4OS. The van der Waals surface area contributed by atoms with Crippen LogP contribution in [0.1, 0.15) is 6.42 Å². The first kappa shape index (κ1) is 15.7. The topological polar surface area (TPSA) is 59.3 Å². The van der Waals surface area contributed by atoms with E-state index >= 15 is 0 Å². The maximum atomic E-state index is 11.6. The van der Waals surface area contributed by atoms with Gasteiger partial charge in [-0.1, -0.05) is 39.1 Å². The number of fused-ring (bicyclic) bond motifs is 1. The molecule has 1 N–H and O–H groups in total. The highest BCUT2D eigenvalue weighted by Gasteiger charge is 2.15. The summed E-state index contributed by atoms with van der Waals surface area (Å²) in [6.45, 7) is 0. The van der Waals surface area contributed by atoms with Gasteiger partial charge in [0.1, 0.15) is 0 Å². The van der Waals surface area contributed by atoms with E-state index in [1.54, 1.807) is 16.6 Å². The third kappa shape index (κ3) is 3.12. The summed E-state index contributed by atoms with van der Waals surface area (Å²) < 4.78 is 1.66. The average Bonchev–Trinajstić information content (AvgIpc) is 2.99. The van der Waals surface area contributed by atoms with E-state index in [0.29, 0.717) is 26.8 Å². The van der Waals surface area contributed by atoms with Crippen LogP contribution in [0.15, 0.2) is 23.6 Å². The molecule has 5 nitrogen and oxygen atoms in total. The van der Waals surface area contributed by atoms with E-state index in [4.69, 9.17) is 23.2 Å². The molecule has 2 heterocycles. The molecule has 0 aliphatic heterocycles. The molecule has 0 aliphatic rings. The van der Waals surface area contributed by atoms with Gasteiger partial charge < -0.3 is 0 Å². The molecule has 0 saturated heterocycles. The van der Waals surface area contributed by atoms with Gasteiger partial charge in [-0.25, -0.2) is 4.52 Å². The Hall–Kier alpha value is -1.15. The number of carbonyl (C=O) groups excluding carboxylic acids is 1.